The number of aliphatic imine (C=N–C) groups is 1. The van der Waals surface area contributed by atoms with Crippen LogP contribution in [0.4, 0.5) is 5.69 Å². The number of aromatic nitrogens is 3. The highest BCUT2D eigenvalue weighted by atomic mass is 127. The fourth-order valence-corrected chi connectivity index (χ4v) is 3.99. The second-order valence-corrected chi connectivity index (χ2v) is 7.64. The van der Waals surface area contributed by atoms with Crippen LogP contribution < -0.4 is 15.5 Å². The maximum atomic E-state index is 4.30. The summed E-state index contributed by atoms with van der Waals surface area (Å²) < 4.78 is 2.07. The predicted octanol–water partition coefficient (Wildman–Crippen LogP) is 2.38. The summed E-state index contributed by atoms with van der Waals surface area (Å²) >= 11 is 2.04. The molecule has 0 atom stereocenters. The molecule has 0 spiro atoms. The lowest BCUT2D eigenvalue weighted by Gasteiger charge is -2.28. The van der Waals surface area contributed by atoms with Crippen LogP contribution in [0.2, 0.25) is 0 Å². The zero-order valence-corrected chi connectivity index (χ0v) is 19.7. The van der Waals surface area contributed by atoms with E-state index in [1.807, 2.05) is 11.8 Å². The Balaban J connectivity index is 0.00000280. The van der Waals surface area contributed by atoms with Gasteiger partial charge in [0.15, 0.2) is 5.96 Å². The highest BCUT2D eigenvalue weighted by molar-refractivity contribution is 14.0. The Morgan fingerprint density at radius 1 is 1.18 bits per heavy atom. The second-order valence-electron chi connectivity index (χ2n) is 6.41. The summed E-state index contributed by atoms with van der Waals surface area (Å²) in [5.74, 6) is 4.26. The van der Waals surface area contributed by atoms with Crippen molar-refractivity contribution in [2.75, 3.05) is 43.1 Å². The van der Waals surface area contributed by atoms with Gasteiger partial charge in [-0.1, -0.05) is 19.1 Å². The molecule has 9 heteroatoms. The summed E-state index contributed by atoms with van der Waals surface area (Å²) in [6, 6.07) is 8.84. The SMILES string of the molecule is CCc1nncn1CCNC(=NC)NCc1ccc(N2CCSCC2)cc1.I. The molecular formula is C19H30IN7S. The van der Waals surface area contributed by atoms with E-state index < -0.39 is 0 Å². The van der Waals surface area contributed by atoms with Crippen molar-refractivity contribution in [1.29, 1.82) is 0 Å². The van der Waals surface area contributed by atoms with Gasteiger partial charge in [0.2, 0.25) is 0 Å². The van der Waals surface area contributed by atoms with Crippen molar-refractivity contribution < 1.29 is 0 Å². The molecule has 1 aliphatic heterocycles. The van der Waals surface area contributed by atoms with Gasteiger partial charge in [0.25, 0.3) is 0 Å². The number of nitrogens with zero attached hydrogens (tertiary/aromatic N) is 5. The molecule has 0 radical (unpaired) electrons. The monoisotopic (exact) mass is 515 g/mol. The van der Waals surface area contributed by atoms with Crippen molar-refractivity contribution in [3.8, 4) is 0 Å². The highest BCUT2D eigenvalue weighted by Crippen LogP contribution is 2.19. The lowest BCUT2D eigenvalue weighted by molar-refractivity contribution is 0.632. The molecule has 1 aliphatic rings. The van der Waals surface area contributed by atoms with E-state index in [2.05, 4.69) is 66.5 Å². The molecule has 7 nitrogen and oxygen atoms in total. The van der Waals surface area contributed by atoms with E-state index in [0.717, 1.165) is 50.9 Å². The molecule has 0 unspecified atom stereocenters. The van der Waals surface area contributed by atoms with Gasteiger partial charge in [-0.05, 0) is 17.7 Å². The first-order valence-electron chi connectivity index (χ1n) is 9.53. The Morgan fingerprint density at radius 2 is 1.93 bits per heavy atom. The average Bonchev–Trinajstić information content (AvgIpc) is 3.19. The molecular weight excluding hydrogens is 485 g/mol. The Bertz CT molecular complexity index is 726. The van der Waals surface area contributed by atoms with E-state index in [1.54, 1.807) is 13.4 Å². The van der Waals surface area contributed by atoms with Gasteiger partial charge in [-0.25, -0.2) is 0 Å². The van der Waals surface area contributed by atoms with Gasteiger partial charge in [-0.2, -0.15) is 11.8 Å². The summed E-state index contributed by atoms with van der Waals surface area (Å²) in [5.41, 5.74) is 2.57. The van der Waals surface area contributed by atoms with Crippen molar-refractivity contribution in [1.82, 2.24) is 25.4 Å². The number of halogens is 1. The number of anilines is 1. The predicted molar refractivity (Wildman–Crippen MR) is 129 cm³/mol. The lowest BCUT2D eigenvalue weighted by Crippen LogP contribution is -2.38. The standard InChI is InChI=1S/C19H29N7S.HI/c1-3-18-24-23-15-26(18)9-8-21-19(20-2)22-14-16-4-6-17(7-5-16)25-10-12-27-13-11-25;/h4-7,15H,3,8-14H2,1-2H3,(H2,20,21,22);1H. The lowest BCUT2D eigenvalue weighted by atomic mass is 10.2. The molecule has 0 saturated carbocycles. The van der Waals surface area contributed by atoms with Crippen LogP contribution in [-0.4, -0.2) is 58.9 Å². The molecule has 0 bridgehead atoms. The number of hydrogen-bond acceptors (Lipinski definition) is 5. The van der Waals surface area contributed by atoms with Gasteiger partial charge in [0.1, 0.15) is 12.2 Å². The topological polar surface area (TPSA) is 70.4 Å². The van der Waals surface area contributed by atoms with Gasteiger partial charge in [0.05, 0.1) is 0 Å². The van der Waals surface area contributed by atoms with Crippen molar-refractivity contribution >= 4 is 47.4 Å². The number of thioether (sulfide) groups is 1. The minimum atomic E-state index is 0. The molecule has 0 aliphatic carbocycles. The van der Waals surface area contributed by atoms with Gasteiger partial charge in [-0.3, -0.25) is 4.99 Å². The van der Waals surface area contributed by atoms with Crippen LogP contribution in [0.1, 0.15) is 18.3 Å². The van der Waals surface area contributed by atoms with Crippen molar-refractivity contribution in [3.63, 3.8) is 0 Å². The van der Waals surface area contributed by atoms with Crippen LogP contribution in [0.15, 0.2) is 35.6 Å². The highest BCUT2D eigenvalue weighted by Gasteiger charge is 2.10. The number of benzene rings is 1. The van der Waals surface area contributed by atoms with E-state index in [9.17, 15) is 0 Å². The molecule has 1 saturated heterocycles. The summed E-state index contributed by atoms with van der Waals surface area (Å²) in [6.07, 6.45) is 2.67. The second kappa shape index (κ2) is 12.2. The van der Waals surface area contributed by atoms with Gasteiger partial charge < -0.3 is 20.1 Å². The van der Waals surface area contributed by atoms with E-state index in [0.29, 0.717) is 0 Å². The van der Waals surface area contributed by atoms with Gasteiger partial charge >= 0.3 is 0 Å². The number of rotatable bonds is 7. The van der Waals surface area contributed by atoms with Crippen LogP contribution >= 0.6 is 35.7 Å². The summed E-state index contributed by atoms with van der Waals surface area (Å²) in [5, 5.41) is 14.8. The molecule has 28 heavy (non-hydrogen) atoms. The molecule has 0 amide bonds. The van der Waals surface area contributed by atoms with E-state index in [4.69, 9.17) is 0 Å². The third-order valence-corrected chi connectivity index (χ3v) is 5.60. The molecule has 1 aromatic heterocycles. The number of aryl methyl sites for hydroxylation is 1. The summed E-state index contributed by atoms with van der Waals surface area (Å²) in [4.78, 5) is 6.76. The van der Waals surface area contributed by atoms with Crippen molar-refractivity contribution in [2.24, 2.45) is 4.99 Å². The molecule has 1 fully saturated rings. The van der Waals surface area contributed by atoms with Crippen molar-refractivity contribution in [3.05, 3.63) is 42.0 Å². The minimum Gasteiger partial charge on any atom is -0.370 e. The Morgan fingerprint density at radius 3 is 2.61 bits per heavy atom. The normalized spacial score (nSPS) is 14.5. The Labute approximate surface area is 188 Å². The Hall–Kier alpha value is -1.49. The summed E-state index contributed by atoms with van der Waals surface area (Å²) in [6.45, 7) is 6.72. The number of guanidine groups is 1. The fraction of sp³-hybridized carbons (Fsp3) is 0.526. The average molecular weight is 515 g/mol. The van der Waals surface area contributed by atoms with Crippen LogP contribution in [0, 0.1) is 0 Å². The maximum Gasteiger partial charge on any atom is 0.191 e. The van der Waals surface area contributed by atoms with E-state index in [1.165, 1.54) is 22.8 Å². The minimum absolute atomic E-state index is 0. The molecule has 2 aromatic rings. The fourth-order valence-electron chi connectivity index (χ4n) is 3.09. The zero-order valence-electron chi connectivity index (χ0n) is 16.6. The van der Waals surface area contributed by atoms with Crippen LogP contribution in [0.3, 0.4) is 0 Å². The third-order valence-electron chi connectivity index (χ3n) is 4.65. The van der Waals surface area contributed by atoms with E-state index in [-0.39, 0.29) is 24.0 Å². The van der Waals surface area contributed by atoms with Gasteiger partial charge in [0, 0.05) is 63.4 Å². The number of nitrogens with one attached hydrogen (secondary N) is 2. The third kappa shape index (κ3) is 6.54. The number of hydrogen-bond donors (Lipinski definition) is 2. The Kier molecular flexibility index (Phi) is 9.89. The largest absolute Gasteiger partial charge is 0.370 e. The molecule has 2 heterocycles. The van der Waals surface area contributed by atoms with Crippen molar-refractivity contribution in [2.45, 2.75) is 26.4 Å². The molecule has 154 valence electrons. The zero-order chi connectivity index (χ0) is 18.9. The molecule has 1 aromatic carbocycles. The quantitative estimate of drug-likeness (QED) is 0.335. The van der Waals surface area contributed by atoms with E-state index >= 15 is 0 Å². The first-order valence-corrected chi connectivity index (χ1v) is 10.7. The first kappa shape index (κ1) is 22.8. The summed E-state index contributed by atoms with van der Waals surface area (Å²) in [7, 11) is 1.79. The molecule has 2 N–H and O–H groups in total. The van der Waals surface area contributed by atoms with Crippen LogP contribution in [-0.2, 0) is 19.5 Å². The smallest absolute Gasteiger partial charge is 0.191 e. The van der Waals surface area contributed by atoms with Crippen LogP contribution in [0.5, 0.6) is 0 Å². The maximum absolute atomic E-state index is 4.30. The van der Waals surface area contributed by atoms with Gasteiger partial charge in [-0.15, -0.1) is 34.2 Å². The first-order chi connectivity index (χ1) is 13.3. The van der Waals surface area contributed by atoms with Crippen LogP contribution in [0.25, 0.3) is 0 Å². The molecule has 3 rings (SSSR count).